The van der Waals surface area contributed by atoms with Crippen LogP contribution in [-0.2, 0) is 0 Å². The van der Waals surface area contributed by atoms with Crippen LogP contribution in [0.2, 0.25) is 0 Å². The number of hydrogen-bond acceptors (Lipinski definition) is 4. The smallest absolute Gasteiger partial charge is 0.174 e. The van der Waals surface area contributed by atoms with Crippen molar-refractivity contribution in [2.45, 2.75) is 0 Å². The number of rotatable bonds is 2. The Hall–Kier alpha value is -1.26. The summed E-state index contributed by atoms with van der Waals surface area (Å²) >= 11 is 1.71. The predicted octanol–water partition coefficient (Wildman–Crippen LogP) is 2.32. The zero-order valence-electron chi connectivity index (χ0n) is 9.90. The SMILES string of the molecule is COc1cc2c(N3CCNCC3)cccc2s1. The Labute approximate surface area is 105 Å². The first-order chi connectivity index (χ1) is 8.38. The molecule has 1 saturated heterocycles. The molecule has 0 saturated carbocycles. The van der Waals surface area contributed by atoms with Crippen LogP contribution in [0.1, 0.15) is 0 Å². The topological polar surface area (TPSA) is 24.5 Å². The van der Waals surface area contributed by atoms with E-state index in [4.69, 9.17) is 4.74 Å². The molecule has 90 valence electrons. The molecule has 3 rings (SSSR count). The zero-order valence-corrected chi connectivity index (χ0v) is 10.7. The third kappa shape index (κ3) is 1.98. The highest BCUT2D eigenvalue weighted by Crippen LogP contribution is 2.37. The van der Waals surface area contributed by atoms with Crippen molar-refractivity contribution in [3.63, 3.8) is 0 Å². The quantitative estimate of drug-likeness (QED) is 0.882. The van der Waals surface area contributed by atoms with E-state index in [1.807, 2.05) is 0 Å². The van der Waals surface area contributed by atoms with Crippen LogP contribution < -0.4 is 15.0 Å². The average molecular weight is 248 g/mol. The van der Waals surface area contributed by atoms with Crippen LogP contribution in [0.4, 0.5) is 5.69 Å². The summed E-state index contributed by atoms with van der Waals surface area (Å²) in [6, 6.07) is 8.65. The van der Waals surface area contributed by atoms with Gasteiger partial charge in [0, 0.05) is 48.0 Å². The van der Waals surface area contributed by atoms with Crippen LogP contribution >= 0.6 is 11.3 Å². The fraction of sp³-hybridized carbons (Fsp3) is 0.385. The number of piperazine rings is 1. The van der Waals surface area contributed by atoms with Crippen molar-refractivity contribution in [3.8, 4) is 5.06 Å². The minimum atomic E-state index is 0.989. The standard InChI is InChI=1S/C13H16N2OS/c1-16-13-9-10-11(3-2-4-12(10)17-13)15-7-5-14-6-8-15/h2-4,9,14H,5-8H2,1H3. The molecule has 0 amide bonds. The Balaban J connectivity index is 2.05. The number of fused-ring (bicyclic) bond motifs is 1. The van der Waals surface area contributed by atoms with E-state index in [0.29, 0.717) is 0 Å². The van der Waals surface area contributed by atoms with E-state index in [1.165, 1.54) is 15.8 Å². The summed E-state index contributed by atoms with van der Waals surface area (Å²) in [5.41, 5.74) is 1.34. The number of nitrogens with zero attached hydrogens (tertiary/aromatic N) is 1. The fourth-order valence-electron chi connectivity index (χ4n) is 2.30. The molecule has 4 heteroatoms. The third-order valence-electron chi connectivity index (χ3n) is 3.17. The highest BCUT2D eigenvalue weighted by Gasteiger charge is 2.14. The van der Waals surface area contributed by atoms with Gasteiger partial charge >= 0.3 is 0 Å². The maximum atomic E-state index is 5.33. The van der Waals surface area contributed by atoms with Crippen LogP contribution in [0.3, 0.4) is 0 Å². The Kier molecular flexibility index (Phi) is 2.91. The second-order valence-electron chi connectivity index (χ2n) is 4.20. The molecule has 1 aliphatic rings. The van der Waals surface area contributed by atoms with E-state index in [0.717, 1.165) is 31.2 Å². The maximum absolute atomic E-state index is 5.33. The minimum Gasteiger partial charge on any atom is -0.487 e. The first-order valence-electron chi connectivity index (χ1n) is 5.91. The lowest BCUT2D eigenvalue weighted by Gasteiger charge is -2.30. The number of hydrogen-bond donors (Lipinski definition) is 1. The van der Waals surface area contributed by atoms with Crippen molar-refractivity contribution in [2.75, 3.05) is 38.2 Å². The van der Waals surface area contributed by atoms with Gasteiger partial charge in [-0.3, -0.25) is 0 Å². The molecule has 1 fully saturated rings. The molecule has 2 aromatic rings. The summed E-state index contributed by atoms with van der Waals surface area (Å²) in [5.74, 6) is 0. The molecule has 0 aliphatic carbocycles. The fourth-order valence-corrected chi connectivity index (χ4v) is 3.20. The van der Waals surface area contributed by atoms with E-state index >= 15 is 0 Å². The summed E-state index contributed by atoms with van der Waals surface area (Å²) in [7, 11) is 1.73. The first kappa shape index (κ1) is 10.9. The number of ether oxygens (including phenoxy) is 1. The third-order valence-corrected chi connectivity index (χ3v) is 4.24. The van der Waals surface area contributed by atoms with Crippen LogP contribution in [0, 0.1) is 0 Å². The minimum absolute atomic E-state index is 0.989. The molecule has 1 aromatic heterocycles. The van der Waals surface area contributed by atoms with Gasteiger partial charge < -0.3 is 15.0 Å². The second kappa shape index (κ2) is 4.55. The molecule has 0 unspecified atom stereocenters. The number of nitrogens with one attached hydrogen (secondary N) is 1. The lowest BCUT2D eigenvalue weighted by molar-refractivity contribution is 0.427. The van der Waals surface area contributed by atoms with Gasteiger partial charge in [0.05, 0.1) is 7.11 Å². The molecular formula is C13H16N2OS. The molecular weight excluding hydrogens is 232 g/mol. The van der Waals surface area contributed by atoms with Crippen molar-refractivity contribution >= 4 is 27.1 Å². The van der Waals surface area contributed by atoms with Gasteiger partial charge in [-0.2, -0.15) is 0 Å². The van der Waals surface area contributed by atoms with Gasteiger partial charge in [-0.1, -0.05) is 17.4 Å². The molecule has 2 heterocycles. The molecule has 3 nitrogen and oxygen atoms in total. The first-order valence-corrected chi connectivity index (χ1v) is 6.72. The Bertz CT molecular complexity index is 517. The normalized spacial score (nSPS) is 16.4. The van der Waals surface area contributed by atoms with E-state index in [-0.39, 0.29) is 0 Å². The van der Waals surface area contributed by atoms with Gasteiger partial charge in [0.1, 0.15) is 0 Å². The lowest BCUT2D eigenvalue weighted by Crippen LogP contribution is -2.43. The van der Waals surface area contributed by atoms with Crippen LogP contribution in [-0.4, -0.2) is 33.3 Å². The van der Waals surface area contributed by atoms with Gasteiger partial charge in [0.2, 0.25) is 0 Å². The van der Waals surface area contributed by atoms with Crippen molar-refractivity contribution in [3.05, 3.63) is 24.3 Å². The maximum Gasteiger partial charge on any atom is 0.174 e. The van der Waals surface area contributed by atoms with Crippen molar-refractivity contribution in [1.29, 1.82) is 0 Å². The van der Waals surface area contributed by atoms with Gasteiger partial charge in [0.15, 0.2) is 5.06 Å². The molecule has 1 N–H and O–H groups in total. The van der Waals surface area contributed by atoms with Crippen LogP contribution in [0.25, 0.3) is 10.1 Å². The van der Waals surface area contributed by atoms with Crippen LogP contribution in [0.15, 0.2) is 24.3 Å². The molecule has 0 spiro atoms. The monoisotopic (exact) mass is 248 g/mol. The lowest BCUT2D eigenvalue weighted by atomic mass is 10.2. The molecule has 17 heavy (non-hydrogen) atoms. The van der Waals surface area contributed by atoms with E-state index < -0.39 is 0 Å². The van der Waals surface area contributed by atoms with Crippen molar-refractivity contribution in [1.82, 2.24) is 5.32 Å². The molecule has 0 bridgehead atoms. The second-order valence-corrected chi connectivity index (χ2v) is 5.24. The predicted molar refractivity (Wildman–Crippen MR) is 73.5 cm³/mol. The molecule has 0 radical (unpaired) electrons. The Morgan fingerprint density at radius 3 is 2.88 bits per heavy atom. The average Bonchev–Trinajstić information content (AvgIpc) is 2.82. The van der Waals surface area contributed by atoms with Gasteiger partial charge in [-0.05, 0) is 12.1 Å². The summed E-state index contributed by atoms with van der Waals surface area (Å²) in [6.45, 7) is 4.30. The summed E-state index contributed by atoms with van der Waals surface area (Å²) in [6.07, 6.45) is 0. The number of thiophene rings is 1. The van der Waals surface area contributed by atoms with Gasteiger partial charge in [0.25, 0.3) is 0 Å². The van der Waals surface area contributed by atoms with Gasteiger partial charge in [-0.15, -0.1) is 0 Å². The van der Waals surface area contributed by atoms with E-state index in [1.54, 1.807) is 18.4 Å². The highest BCUT2D eigenvalue weighted by molar-refractivity contribution is 7.20. The summed E-state index contributed by atoms with van der Waals surface area (Å²) < 4.78 is 6.63. The molecule has 1 aromatic carbocycles. The zero-order chi connectivity index (χ0) is 11.7. The Morgan fingerprint density at radius 1 is 1.29 bits per heavy atom. The highest BCUT2D eigenvalue weighted by atomic mass is 32.1. The number of benzene rings is 1. The van der Waals surface area contributed by atoms with Gasteiger partial charge in [-0.25, -0.2) is 0 Å². The summed E-state index contributed by atoms with van der Waals surface area (Å²) in [5, 5.41) is 5.69. The van der Waals surface area contributed by atoms with E-state index in [9.17, 15) is 0 Å². The number of methoxy groups -OCH3 is 1. The number of anilines is 1. The van der Waals surface area contributed by atoms with Crippen LogP contribution in [0.5, 0.6) is 5.06 Å². The molecule has 1 aliphatic heterocycles. The Morgan fingerprint density at radius 2 is 2.12 bits per heavy atom. The van der Waals surface area contributed by atoms with Crippen molar-refractivity contribution < 1.29 is 4.74 Å². The summed E-state index contributed by atoms with van der Waals surface area (Å²) in [4.78, 5) is 2.45. The largest absolute Gasteiger partial charge is 0.487 e. The van der Waals surface area contributed by atoms with Crippen molar-refractivity contribution in [2.24, 2.45) is 0 Å². The van der Waals surface area contributed by atoms with E-state index in [2.05, 4.69) is 34.5 Å². The molecule has 0 atom stereocenters.